The van der Waals surface area contributed by atoms with Gasteiger partial charge in [0.2, 0.25) is 0 Å². The molecule has 5 nitrogen and oxygen atoms in total. The number of nitrogens with one attached hydrogen (secondary N) is 1. The zero-order chi connectivity index (χ0) is 14.0. The minimum absolute atomic E-state index is 0.703. The molecule has 2 N–H and O–H groups in total. The predicted octanol–water partition coefficient (Wildman–Crippen LogP) is 1.83. The molecule has 6 heteroatoms. The largest absolute Gasteiger partial charge is 0.480 e. The van der Waals surface area contributed by atoms with Crippen molar-refractivity contribution in [1.29, 1.82) is 0 Å². The molecule has 0 fully saturated rings. The molecule has 1 aliphatic heterocycles. The molecule has 1 aliphatic rings. The summed E-state index contributed by atoms with van der Waals surface area (Å²) in [6.07, 6.45) is 3.70. The summed E-state index contributed by atoms with van der Waals surface area (Å²) in [5, 5.41) is 11.1. The predicted molar refractivity (Wildman–Crippen MR) is 75.6 cm³/mol. The Morgan fingerprint density at radius 3 is 2.89 bits per heavy atom. The number of pyridine rings is 1. The summed E-state index contributed by atoms with van der Waals surface area (Å²) in [4.78, 5) is 16.5. The fourth-order valence-corrected chi connectivity index (χ4v) is 2.78. The number of aromatic nitrogens is 1. The van der Waals surface area contributed by atoms with Gasteiger partial charge in [0.25, 0.3) is 0 Å². The van der Waals surface area contributed by atoms with Crippen molar-refractivity contribution in [2.24, 2.45) is 0 Å². The Hall–Kier alpha value is -1.53. The molecule has 1 aromatic heterocycles. The zero-order valence-electron chi connectivity index (χ0n) is 11.2. The first-order valence-electron chi connectivity index (χ1n) is 5.95. The highest BCUT2D eigenvalue weighted by atomic mass is 32.2. The third-order valence-corrected chi connectivity index (χ3v) is 4.06. The summed E-state index contributed by atoms with van der Waals surface area (Å²) in [6, 6.07) is 3.74. The molecule has 102 valence electrons. The van der Waals surface area contributed by atoms with Gasteiger partial charge in [0.1, 0.15) is 4.75 Å². The van der Waals surface area contributed by atoms with Crippen LogP contribution < -0.4 is 5.43 Å². The van der Waals surface area contributed by atoms with Gasteiger partial charge in [0.15, 0.2) is 0 Å². The lowest BCUT2D eigenvalue weighted by Crippen LogP contribution is -2.27. The van der Waals surface area contributed by atoms with E-state index in [-0.39, 0.29) is 0 Å². The first-order valence-corrected chi connectivity index (χ1v) is 6.76. The molecule has 19 heavy (non-hydrogen) atoms. The average Bonchev–Trinajstić information content (AvgIpc) is 2.76. The van der Waals surface area contributed by atoms with Gasteiger partial charge in [-0.15, -0.1) is 11.8 Å². The Morgan fingerprint density at radius 2 is 2.32 bits per heavy atom. The second-order valence-corrected chi connectivity index (χ2v) is 6.53. The average molecular weight is 279 g/mol. The van der Waals surface area contributed by atoms with Crippen molar-refractivity contribution in [3.8, 4) is 0 Å². The highest BCUT2D eigenvalue weighted by molar-refractivity contribution is 8.01. The van der Waals surface area contributed by atoms with Gasteiger partial charge in [-0.2, -0.15) is 0 Å². The second kappa shape index (κ2) is 5.22. The lowest BCUT2D eigenvalue weighted by molar-refractivity contribution is -0.138. The Labute approximate surface area is 116 Å². The molecule has 1 aromatic rings. The van der Waals surface area contributed by atoms with E-state index in [2.05, 4.69) is 10.4 Å². The van der Waals surface area contributed by atoms with E-state index in [0.717, 1.165) is 16.2 Å². The number of aliphatic carboxylic acids is 1. The van der Waals surface area contributed by atoms with Crippen molar-refractivity contribution in [2.75, 3.05) is 13.6 Å². The quantitative estimate of drug-likeness (QED) is 0.820. The number of thioether (sulfide) groups is 1. The van der Waals surface area contributed by atoms with Crippen LogP contribution in [0, 0.1) is 0 Å². The molecular formula is C13H17N3O2S. The first kappa shape index (κ1) is 13.9. The lowest BCUT2D eigenvalue weighted by Gasteiger charge is -2.19. The molecule has 2 rings (SSSR count). The molecular weight excluding hydrogens is 262 g/mol. The second-order valence-electron chi connectivity index (χ2n) is 4.87. The Bertz CT molecular complexity index is 528. The molecule has 0 spiro atoms. The van der Waals surface area contributed by atoms with Crippen LogP contribution in [0.2, 0.25) is 0 Å². The van der Waals surface area contributed by atoms with Crippen molar-refractivity contribution in [2.45, 2.75) is 23.5 Å². The van der Waals surface area contributed by atoms with E-state index in [1.807, 2.05) is 30.4 Å². The molecule has 0 saturated heterocycles. The number of rotatable bonds is 4. The van der Waals surface area contributed by atoms with E-state index in [9.17, 15) is 9.90 Å². The number of hydrogen-bond donors (Lipinski definition) is 2. The van der Waals surface area contributed by atoms with Crippen LogP contribution in [-0.2, 0) is 4.79 Å². The number of carboxylic acid groups (broad SMARTS) is 1. The molecule has 0 radical (unpaired) electrons. The van der Waals surface area contributed by atoms with E-state index >= 15 is 0 Å². The maximum atomic E-state index is 11.2. The first-order chi connectivity index (χ1) is 8.90. The van der Waals surface area contributed by atoms with Gasteiger partial charge < -0.3 is 10.1 Å². The fraction of sp³-hybridized carbons (Fsp3) is 0.385. The number of hydrogen-bond acceptors (Lipinski definition) is 5. The molecule has 0 unspecified atom stereocenters. The fourth-order valence-electron chi connectivity index (χ4n) is 1.71. The third-order valence-electron chi connectivity index (χ3n) is 2.82. The Balaban J connectivity index is 2.32. The number of carboxylic acids is 1. The van der Waals surface area contributed by atoms with Crippen molar-refractivity contribution < 1.29 is 9.90 Å². The highest BCUT2D eigenvalue weighted by Gasteiger charge is 2.30. The van der Waals surface area contributed by atoms with Gasteiger partial charge >= 0.3 is 5.97 Å². The maximum absolute atomic E-state index is 11.2. The van der Waals surface area contributed by atoms with Gasteiger partial charge in [-0.05, 0) is 26.0 Å². The zero-order valence-corrected chi connectivity index (χ0v) is 12.0. The van der Waals surface area contributed by atoms with Crippen molar-refractivity contribution in [1.82, 2.24) is 15.4 Å². The summed E-state index contributed by atoms with van der Waals surface area (Å²) < 4.78 is -0.879. The SMILES string of the molecule is CN1C=C(c2ncccc2SC(C)(C)C(=O)O)CN1. The molecule has 0 amide bonds. The lowest BCUT2D eigenvalue weighted by atomic mass is 10.2. The van der Waals surface area contributed by atoms with Gasteiger partial charge in [-0.3, -0.25) is 9.78 Å². The van der Waals surface area contributed by atoms with Gasteiger partial charge in [0.05, 0.1) is 5.69 Å². The summed E-state index contributed by atoms with van der Waals surface area (Å²) in [7, 11) is 1.92. The monoisotopic (exact) mass is 279 g/mol. The smallest absolute Gasteiger partial charge is 0.319 e. The summed E-state index contributed by atoms with van der Waals surface area (Å²) in [6.45, 7) is 4.10. The number of carbonyl (C=O) groups is 1. The van der Waals surface area contributed by atoms with E-state index in [1.165, 1.54) is 11.8 Å². The van der Waals surface area contributed by atoms with Crippen LogP contribution in [0.3, 0.4) is 0 Å². The van der Waals surface area contributed by atoms with Crippen molar-refractivity contribution in [3.05, 3.63) is 30.2 Å². The minimum atomic E-state index is -0.879. The van der Waals surface area contributed by atoms with Crippen LogP contribution in [0.1, 0.15) is 19.5 Å². The third kappa shape index (κ3) is 3.08. The van der Waals surface area contributed by atoms with Crippen LogP contribution in [0.5, 0.6) is 0 Å². The molecule has 2 heterocycles. The number of nitrogens with zero attached hydrogens (tertiary/aromatic N) is 2. The maximum Gasteiger partial charge on any atom is 0.319 e. The molecule has 0 saturated carbocycles. The van der Waals surface area contributed by atoms with Crippen LogP contribution in [0.4, 0.5) is 0 Å². The van der Waals surface area contributed by atoms with E-state index < -0.39 is 10.7 Å². The van der Waals surface area contributed by atoms with Gasteiger partial charge in [-0.1, -0.05) is 0 Å². The molecule has 0 aromatic carbocycles. The topological polar surface area (TPSA) is 65.5 Å². The molecule has 0 atom stereocenters. The van der Waals surface area contributed by atoms with E-state index in [0.29, 0.717) is 6.54 Å². The van der Waals surface area contributed by atoms with Crippen molar-refractivity contribution >= 4 is 23.3 Å². The normalized spacial score (nSPS) is 15.5. The Kier molecular flexibility index (Phi) is 3.82. The summed E-state index contributed by atoms with van der Waals surface area (Å²) in [5.41, 5.74) is 5.06. The van der Waals surface area contributed by atoms with Crippen LogP contribution in [-0.4, -0.2) is 39.4 Å². The standard InChI is InChI=1S/C13H17N3O2S/c1-13(2,12(17)18)19-10-5-4-6-14-11(10)9-7-15-16(3)8-9/h4-6,8,15H,7H2,1-3H3,(H,17,18). The van der Waals surface area contributed by atoms with E-state index in [4.69, 9.17) is 0 Å². The van der Waals surface area contributed by atoms with Crippen LogP contribution >= 0.6 is 11.8 Å². The summed E-state index contributed by atoms with van der Waals surface area (Å²) >= 11 is 1.32. The van der Waals surface area contributed by atoms with E-state index in [1.54, 1.807) is 20.0 Å². The van der Waals surface area contributed by atoms with Gasteiger partial charge in [0, 0.05) is 36.5 Å². The minimum Gasteiger partial charge on any atom is -0.480 e. The van der Waals surface area contributed by atoms with Gasteiger partial charge in [-0.25, -0.2) is 5.43 Å². The van der Waals surface area contributed by atoms with Crippen molar-refractivity contribution in [3.63, 3.8) is 0 Å². The Morgan fingerprint density at radius 1 is 1.58 bits per heavy atom. The van der Waals surface area contributed by atoms with Crippen LogP contribution in [0.25, 0.3) is 5.57 Å². The molecule has 0 bridgehead atoms. The summed E-state index contributed by atoms with van der Waals surface area (Å²) in [5.74, 6) is -0.831. The number of hydrazine groups is 1. The highest BCUT2D eigenvalue weighted by Crippen LogP contribution is 2.36. The molecule has 0 aliphatic carbocycles. The van der Waals surface area contributed by atoms with Crippen LogP contribution in [0.15, 0.2) is 29.4 Å².